The first-order valence-electron chi connectivity index (χ1n) is 5.11. The molecule has 1 rings (SSSR count). The van der Waals surface area contributed by atoms with Crippen LogP contribution in [-0.4, -0.2) is 24.5 Å². The Morgan fingerprint density at radius 3 is 2.13 bits per heavy atom. The van der Waals surface area contributed by atoms with Crippen molar-refractivity contribution in [3.8, 4) is 5.75 Å². The monoisotopic (exact) mass is 355 g/mol. The van der Waals surface area contributed by atoms with Gasteiger partial charge in [0, 0.05) is 6.07 Å². The molecule has 0 aliphatic rings. The van der Waals surface area contributed by atoms with Crippen LogP contribution in [0.5, 0.6) is 5.75 Å². The normalized spacial score (nSPS) is 13.4. The summed E-state index contributed by atoms with van der Waals surface area (Å²) in [7, 11) is 0. The second kappa shape index (κ2) is 6.46. The lowest BCUT2D eigenvalue weighted by Crippen LogP contribution is -2.44. The van der Waals surface area contributed by atoms with E-state index in [0.717, 1.165) is 6.08 Å². The Morgan fingerprint density at radius 1 is 1.09 bits per heavy atom. The van der Waals surface area contributed by atoms with E-state index >= 15 is 0 Å². The Balaban J connectivity index is 3.07. The van der Waals surface area contributed by atoms with Gasteiger partial charge < -0.3 is 4.89 Å². The predicted octanol–water partition coefficient (Wildman–Crippen LogP) is 3.87. The number of carbonyl (C=O) groups excluding carboxylic acids is 1. The highest BCUT2D eigenvalue weighted by atomic mass is 19.4. The summed E-state index contributed by atoms with van der Waals surface area (Å²) in [4.78, 5) is 18.4. The third kappa shape index (κ3) is 4.13. The lowest BCUT2D eigenvalue weighted by Gasteiger charge is -2.21. The molecule has 4 nitrogen and oxygen atoms in total. The molecule has 0 saturated heterocycles. The van der Waals surface area contributed by atoms with Crippen molar-refractivity contribution in [2.24, 2.45) is 4.99 Å². The van der Waals surface area contributed by atoms with E-state index in [9.17, 15) is 44.3 Å². The Kier molecular flexibility index (Phi) is 5.28. The van der Waals surface area contributed by atoms with Crippen molar-refractivity contribution in [2.75, 3.05) is 0 Å². The van der Waals surface area contributed by atoms with E-state index in [0.29, 0.717) is 0 Å². The molecule has 1 atom stereocenters. The van der Waals surface area contributed by atoms with Crippen LogP contribution in [0.25, 0.3) is 0 Å². The zero-order valence-corrected chi connectivity index (χ0v) is 10.2. The minimum atomic E-state index is -6.07. The highest BCUT2D eigenvalue weighted by Gasteiger charge is 2.59. The number of rotatable bonds is 5. The van der Waals surface area contributed by atoms with E-state index in [1.807, 2.05) is 0 Å². The first kappa shape index (κ1) is 18.8. The molecule has 0 bridgehead atoms. The second-order valence-electron chi connectivity index (χ2n) is 3.67. The average molecular weight is 355 g/mol. The molecule has 0 aliphatic carbocycles. The van der Waals surface area contributed by atoms with E-state index in [1.165, 1.54) is 0 Å². The molecule has 0 radical (unpaired) electrons. The Hall–Kier alpha value is -2.27. The van der Waals surface area contributed by atoms with E-state index in [-0.39, 0.29) is 6.07 Å². The molecule has 1 unspecified atom stereocenters. The molecule has 1 aromatic carbocycles. The highest BCUT2D eigenvalue weighted by molar-refractivity contribution is 5.52. The van der Waals surface area contributed by atoms with Gasteiger partial charge in [-0.2, -0.15) is 31.3 Å². The van der Waals surface area contributed by atoms with Crippen LogP contribution in [0.2, 0.25) is 0 Å². The number of nitrogens with zero attached hydrogens (tertiary/aromatic N) is 1. The summed E-state index contributed by atoms with van der Waals surface area (Å²) in [5, 5.41) is 0. The third-order valence-corrected chi connectivity index (χ3v) is 2.08. The van der Waals surface area contributed by atoms with Gasteiger partial charge in [0.2, 0.25) is 17.6 Å². The van der Waals surface area contributed by atoms with E-state index in [2.05, 4.69) is 14.8 Å². The first-order chi connectivity index (χ1) is 10.4. The molecule has 1 aromatic rings. The number of halogens is 9. The standard InChI is InChI=1S/C10H2F9NO3/c11-3-1-4(20-2-21)5(12)6(13)7(3)22-23-10(18,19)8(14)9(15,16)17/h1,8H. The summed E-state index contributed by atoms with van der Waals surface area (Å²) in [6, 6.07) is -0.0309. The second-order valence-corrected chi connectivity index (χ2v) is 3.67. The number of isocyanates is 1. The average Bonchev–Trinajstić information content (AvgIpc) is 2.42. The molecular weight excluding hydrogens is 353 g/mol. The van der Waals surface area contributed by atoms with Gasteiger partial charge in [0.25, 0.3) is 6.17 Å². The van der Waals surface area contributed by atoms with Crippen LogP contribution in [0, 0.1) is 17.5 Å². The van der Waals surface area contributed by atoms with Crippen LogP contribution in [0.4, 0.5) is 45.2 Å². The van der Waals surface area contributed by atoms with Crippen molar-refractivity contribution in [2.45, 2.75) is 18.5 Å². The zero-order chi connectivity index (χ0) is 18.0. The maximum Gasteiger partial charge on any atom is 0.430 e. The fourth-order valence-corrected chi connectivity index (χ4v) is 1.10. The number of hydrogen-bond acceptors (Lipinski definition) is 4. The molecule has 0 heterocycles. The quantitative estimate of drug-likeness (QED) is 0.201. The molecule has 23 heavy (non-hydrogen) atoms. The molecule has 0 N–H and O–H groups in total. The van der Waals surface area contributed by atoms with Crippen LogP contribution in [0.1, 0.15) is 0 Å². The Morgan fingerprint density at radius 2 is 1.65 bits per heavy atom. The van der Waals surface area contributed by atoms with Crippen LogP contribution in [0.15, 0.2) is 11.1 Å². The van der Waals surface area contributed by atoms with Gasteiger partial charge in [-0.05, 0) is 0 Å². The van der Waals surface area contributed by atoms with E-state index < -0.39 is 47.3 Å². The highest BCUT2D eigenvalue weighted by Crippen LogP contribution is 2.37. The Bertz CT molecular complexity index is 639. The Labute approximate surface area is 120 Å². The minimum Gasteiger partial charge on any atom is -0.325 e. The molecule has 128 valence electrons. The SMILES string of the molecule is O=C=Nc1cc(F)c(OOC(F)(F)C(F)C(F)(F)F)c(F)c1F. The van der Waals surface area contributed by atoms with Gasteiger partial charge >= 0.3 is 12.3 Å². The predicted molar refractivity (Wildman–Crippen MR) is 51.7 cm³/mol. The lowest BCUT2D eigenvalue weighted by molar-refractivity contribution is -0.433. The van der Waals surface area contributed by atoms with Crippen molar-refractivity contribution < 1.29 is 54.1 Å². The smallest absolute Gasteiger partial charge is 0.325 e. The zero-order valence-electron chi connectivity index (χ0n) is 10.2. The maximum absolute atomic E-state index is 13.3. The molecule has 0 saturated carbocycles. The van der Waals surface area contributed by atoms with Crippen LogP contribution in [0.3, 0.4) is 0 Å². The van der Waals surface area contributed by atoms with Crippen molar-refractivity contribution in [3.63, 3.8) is 0 Å². The number of aliphatic imine (C=N–C) groups is 1. The largest absolute Gasteiger partial charge is 0.430 e. The summed E-state index contributed by atoms with van der Waals surface area (Å²) >= 11 is 0. The summed E-state index contributed by atoms with van der Waals surface area (Å²) in [5.41, 5.74) is -1.24. The fourth-order valence-electron chi connectivity index (χ4n) is 1.10. The number of alkyl halides is 6. The molecule has 0 aromatic heterocycles. The molecular formula is C10H2F9NO3. The van der Waals surface area contributed by atoms with Crippen molar-refractivity contribution >= 4 is 11.8 Å². The van der Waals surface area contributed by atoms with Gasteiger partial charge in [0.1, 0.15) is 5.69 Å². The fraction of sp³-hybridized carbons (Fsp3) is 0.300. The van der Waals surface area contributed by atoms with Gasteiger partial charge in [-0.15, -0.1) is 4.89 Å². The van der Waals surface area contributed by atoms with Crippen LogP contribution >= 0.6 is 0 Å². The molecule has 0 aliphatic heterocycles. The number of hydrogen-bond donors (Lipinski definition) is 0. The first-order valence-corrected chi connectivity index (χ1v) is 5.11. The van der Waals surface area contributed by atoms with Gasteiger partial charge in [-0.3, -0.25) is 0 Å². The molecule has 0 fully saturated rings. The number of benzene rings is 1. The minimum absolute atomic E-state index is 0.0309. The topological polar surface area (TPSA) is 47.9 Å². The summed E-state index contributed by atoms with van der Waals surface area (Å²) in [6.07, 6.45) is -15.9. The van der Waals surface area contributed by atoms with Gasteiger partial charge in [-0.1, -0.05) is 0 Å². The third-order valence-electron chi connectivity index (χ3n) is 2.08. The van der Waals surface area contributed by atoms with E-state index in [1.54, 1.807) is 0 Å². The van der Waals surface area contributed by atoms with Crippen LogP contribution in [-0.2, 0) is 9.68 Å². The van der Waals surface area contributed by atoms with E-state index in [4.69, 9.17) is 0 Å². The van der Waals surface area contributed by atoms with Gasteiger partial charge in [-0.25, -0.2) is 18.0 Å². The van der Waals surface area contributed by atoms with Crippen LogP contribution < -0.4 is 4.89 Å². The summed E-state index contributed by atoms with van der Waals surface area (Å²) < 4.78 is 113. The van der Waals surface area contributed by atoms with Gasteiger partial charge in [0.15, 0.2) is 11.6 Å². The molecule has 0 spiro atoms. The van der Waals surface area contributed by atoms with Crippen molar-refractivity contribution in [1.29, 1.82) is 0 Å². The van der Waals surface area contributed by atoms with Crippen molar-refractivity contribution in [1.82, 2.24) is 0 Å². The maximum atomic E-state index is 13.3. The van der Waals surface area contributed by atoms with Gasteiger partial charge in [0.05, 0.1) is 0 Å². The summed E-state index contributed by atoms with van der Waals surface area (Å²) in [6.45, 7) is 0. The lowest BCUT2D eigenvalue weighted by atomic mass is 10.2. The van der Waals surface area contributed by atoms with Crippen molar-refractivity contribution in [3.05, 3.63) is 23.5 Å². The summed E-state index contributed by atoms with van der Waals surface area (Å²) in [5.74, 6) is -8.46. The molecule has 0 amide bonds. The molecule has 13 heteroatoms.